The minimum Gasteiger partial charge on any atom is -0.356 e. The van der Waals surface area contributed by atoms with E-state index in [1.807, 2.05) is 19.0 Å². The van der Waals surface area contributed by atoms with Crippen molar-refractivity contribution < 1.29 is 18.0 Å². The Morgan fingerprint density at radius 2 is 1.97 bits per heavy atom. The van der Waals surface area contributed by atoms with Crippen molar-refractivity contribution in [2.45, 2.75) is 6.42 Å². The van der Waals surface area contributed by atoms with Gasteiger partial charge < -0.3 is 20.5 Å². The van der Waals surface area contributed by atoms with Gasteiger partial charge in [-0.2, -0.15) is 0 Å². The number of carbonyl (C=O) groups excluding carboxylic acids is 1. The number of H-pyrrole nitrogens is 1. The molecule has 29 heavy (non-hydrogen) atoms. The summed E-state index contributed by atoms with van der Waals surface area (Å²) in [5.74, 6) is -3.50. The van der Waals surface area contributed by atoms with Crippen molar-refractivity contribution in [3.8, 4) is 0 Å². The second-order valence-corrected chi connectivity index (χ2v) is 7.10. The molecule has 0 radical (unpaired) electrons. The summed E-state index contributed by atoms with van der Waals surface area (Å²) in [6.45, 7) is 1.39. The highest BCUT2D eigenvalue weighted by Gasteiger charge is 2.21. The predicted molar refractivity (Wildman–Crippen MR) is 107 cm³/mol. The maximum Gasteiger partial charge on any atom is 0.257 e. The van der Waals surface area contributed by atoms with Crippen LogP contribution < -0.4 is 10.6 Å². The van der Waals surface area contributed by atoms with Gasteiger partial charge in [-0.05, 0) is 51.3 Å². The van der Waals surface area contributed by atoms with Gasteiger partial charge in [0.15, 0.2) is 11.6 Å². The van der Waals surface area contributed by atoms with Crippen LogP contribution >= 0.6 is 11.6 Å². The normalized spacial score (nSPS) is 11.3. The van der Waals surface area contributed by atoms with E-state index in [1.54, 1.807) is 0 Å². The molecule has 0 atom stereocenters. The third-order valence-electron chi connectivity index (χ3n) is 4.16. The lowest BCUT2D eigenvalue weighted by atomic mass is 10.1. The smallest absolute Gasteiger partial charge is 0.257 e. The zero-order chi connectivity index (χ0) is 21.1. The Kier molecular flexibility index (Phi) is 6.29. The third-order valence-corrected chi connectivity index (χ3v) is 4.45. The lowest BCUT2D eigenvalue weighted by Crippen LogP contribution is -2.16. The van der Waals surface area contributed by atoms with E-state index in [1.165, 1.54) is 12.1 Å². The molecule has 154 valence electrons. The van der Waals surface area contributed by atoms with Crippen LogP contribution in [0.25, 0.3) is 11.0 Å². The zero-order valence-electron chi connectivity index (χ0n) is 15.7. The van der Waals surface area contributed by atoms with Gasteiger partial charge >= 0.3 is 0 Å². The van der Waals surface area contributed by atoms with Crippen molar-refractivity contribution in [3.05, 3.63) is 52.3 Å². The highest BCUT2D eigenvalue weighted by Crippen LogP contribution is 2.26. The van der Waals surface area contributed by atoms with Crippen LogP contribution in [0.3, 0.4) is 0 Å². The fourth-order valence-electron chi connectivity index (χ4n) is 2.74. The number of hydrogen-bond donors (Lipinski definition) is 3. The van der Waals surface area contributed by atoms with Gasteiger partial charge in [-0.1, -0.05) is 11.6 Å². The van der Waals surface area contributed by atoms with Crippen LogP contribution in [0.15, 0.2) is 24.3 Å². The van der Waals surface area contributed by atoms with Crippen LogP contribution in [0, 0.1) is 17.5 Å². The van der Waals surface area contributed by atoms with Crippen LogP contribution in [0.1, 0.15) is 16.8 Å². The van der Waals surface area contributed by atoms with Gasteiger partial charge in [-0.3, -0.25) is 4.79 Å². The maximum absolute atomic E-state index is 14.2. The van der Waals surface area contributed by atoms with Crippen molar-refractivity contribution in [3.63, 3.8) is 0 Å². The summed E-state index contributed by atoms with van der Waals surface area (Å²) in [6.07, 6.45) is 0.805. The molecule has 0 aliphatic rings. The van der Waals surface area contributed by atoms with Crippen molar-refractivity contribution in [1.29, 1.82) is 0 Å². The predicted octanol–water partition coefficient (Wildman–Crippen LogP) is 4.25. The van der Waals surface area contributed by atoms with E-state index >= 15 is 0 Å². The molecule has 0 aliphatic carbocycles. The van der Waals surface area contributed by atoms with E-state index in [2.05, 4.69) is 20.6 Å². The number of aromatic amines is 1. The monoisotopic (exact) mass is 425 g/mol. The van der Waals surface area contributed by atoms with E-state index in [9.17, 15) is 18.0 Å². The fraction of sp³-hybridized carbons (Fsp3) is 0.263. The molecule has 1 aromatic heterocycles. The summed E-state index contributed by atoms with van der Waals surface area (Å²) in [6, 6.07) is 4.40. The number of halogens is 4. The summed E-state index contributed by atoms with van der Waals surface area (Å²) in [7, 11) is 3.89. The van der Waals surface area contributed by atoms with Crippen molar-refractivity contribution in [2.75, 3.05) is 37.8 Å². The number of aromatic nitrogens is 2. The van der Waals surface area contributed by atoms with E-state index in [0.29, 0.717) is 6.54 Å². The molecule has 0 saturated carbocycles. The highest BCUT2D eigenvalue weighted by atomic mass is 35.5. The van der Waals surface area contributed by atoms with Crippen LogP contribution in [-0.4, -0.2) is 48.0 Å². The van der Waals surface area contributed by atoms with E-state index in [4.69, 9.17) is 11.6 Å². The number of nitrogens with one attached hydrogen (secondary N) is 3. The van der Waals surface area contributed by atoms with Crippen molar-refractivity contribution in [1.82, 2.24) is 14.9 Å². The Labute approximate surface area is 170 Å². The molecule has 3 N–H and O–H groups in total. The standard InChI is InChI=1S/C19H19ClF3N5O/c1-28(2)7-3-6-24-19-26-16-11(9-14(22)15(23)17(16)27-19)18(29)25-10-4-5-13(21)12(20)8-10/h4-5,8-9H,3,6-7H2,1-2H3,(H,25,29)(H2,24,26,27). The SMILES string of the molecule is CN(C)CCCNc1nc2c(F)c(F)cc(C(=O)Nc3ccc(F)c(Cl)c3)c2[nH]1. The summed E-state index contributed by atoms with van der Waals surface area (Å²) in [5.41, 5.74) is -0.180. The first kappa shape index (κ1) is 20.9. The summed E-state index contributed by atoms with van der Waals surface area (Å²) < 4.78 is 41.5. The first-order chi connectivity index (χ1) is 13.8. The van der Waals surface area contributed by atoms with Gasteiger partial charge in [-0.25, -0.2) is 18.2 Å². The van der Waals surface area contributed by atoms with Crippen LogP contribution in [-0.2, 0) is 0 Å². The second kappa shape index (κ2) is 8.71. The molecule has 1 heterocycles. The highest BCUT2D eigenvalue weighted by molar-refractivity contribution is 6.31. The summed E-state index contributed by atoms with van der Waals surface area (Å²) in [4.78, 5) is 21.5. The molecular formula is C19H19ClF3N5O. The van der Waals surface area contributed by atoms with Gasteiger partial charge in [0, 0.05) is 12.2 Å². The number of rotatable bonds is 7. The molecular weight excluding hydrogens is 407 g/mol. The number of nitrogens with zero attached hydrogens (tertiary/aromatic N) is 2. The molecule has 0 unspecified atom stereocenters. The van der Waals surface area contributed by atoms with E-state index in [-0.39, 0.29) is 33.3 Å². The van der Waals surface area contributed by atoms with Gasteiger partial charge in [0.1, 0.15) is 11.3 Å². The molecule has 0 aliphatic heterocycles. The third kappa shape index (κ3) is 4.80. The zero-order valence-corrected chi connectivity index (χ0v) is 16.5. The van der Waals surface area contributed by atoms with E-state index in [0.717, 1.165) is 25.1 Å². The van der Waals surface area contributed by atoms with Crippen molar-refractivity contribution in [2.24, 2.45) is 0 Å². The van der Waals surface area contributed by atoms with Crippen LogP contribution in [0.2, 0.25) is 5.02 Å². The van der Waals surface area contributed by atoms with Gasteiger partial charge in [-0.15, -0.1) is 0 Å². The number of imidazole rings is 1. The number of carbonyl (C=O) groups is 1. The largest absolute Gasteiger partial charge is 0.356 e. The molecule has 2 aromatic carbocycles. The van der Waals surface area contributed by atoms with Crippen molar-refractivity contribution >= 4 is 40.2 Å². The Morgan fingerprint density at radius 1 is 1.21 bits per heavy atom. The molecule has 10 heteroatoms. The fourth-order valence-corrected chi connectivity index (χ4v) is 2.92. The lowest BCUT2D eigenvalue weighted by molar-refractivity contribution is 0.102. The minimum absolute atomic E-state index is 0.0460. The minimum atomic E-state index is -1.20. The lowest BCUT2D eigenvalue weighted by Gasteiger charge is -2.09. The number of fused-ring (bicyclic) bond motifs is 1. The molecule has 0 saturated heterocycles. The Balaban J connectivity index is 1.87. The average Bonchev–Trinajstić information content (AvgIpc) is 3.09. The summed E-state index contributed by atoms with van der Waals surface area (Å²) in [5, 5.41) is 5.30. The quantitative estimate of drug-likeness (QED) is 0.495. The van der Waals surface area contributed by atoms with Crippen LogP contribution in [0.4, 0.5) is 24.8 Å². The van der Waals surface area contributed by atoms with E-state index < -0.39 is 23.4 Å². The average molecular weight is 426 g/mol. The topological polar surface area (TPSA) is 73.1 Å². The second-order valence-electron chi connectivity index (χ2n) is 6.70. The molecule has 0 bridgehead atoms. The number of amides is 1. The van der Waals surface area contributed by atoms with Crippen LogP contribution in [0.5, 0.6) is 0 Å². The Bertz CT molecular complexity index is 1050. The molecule has 3 rings (SSSR count). The molecule has 3 aromatic rings. The molecule has 1 amide bonds. The first-order valence-corrected chi connectivity index (χ1v) is 9.16. The molecule has 6 nitrogen and oxygen atoms in total. The number of benzene rings is 2. The summed E-state index contributed by atoms with van der Waals surface area (Å²) >= 11 is 5.70. The van der Waals surface area contributed by atoms with Gasteiger partial charge in [0.05, 0.1) is 16.1 Å². The van der Waals surface area contributed by atoms with Gasteiger partial charge in [0.25, 0.3) is 5.91 Å². The Hall–Kier alpha value is -2.78. The molecule has 0 fully saturated rings. The Morgan fingerprint density at radius 3 is 2.66 bits per heavy atom. The van der Waals surface area contributed by atoms with Gasteiger partial charge in [0.2, 0.25) is 5.95 Å². The number of anilines is 2. The maximum atomic E-state index is 14.2. The number of hydrogen-bond acceptors (Lipinski definition) is 4. The molecule has 0 spiro atoms. The first-order valence-electron chi connectivity index (χ1n) is 8.79.